The molecule has 2 aliphatic rings. The molecule has 0 radical (unpaired) electrons. The van der Waals surface area contributed by atoms with E-state index in [2.05, 4.69) is 81.8 Å². The van der Waals surface area contributed by atoms with Crippen LogP contribution in [-0.4, -0.2) is 29.7 Å². The molecular weight excluding hydrogens is 684 g/mol. The minimum atomic E-state index is -1.73. The number of phenols is 1. The van der Waals surface area contributed by atoms with Gasteiger partial charge in [0.25, 0.3) is 0 Å². The molecule has 0 spiro atoms. The summed E-state index contributed by atoms with van der Waals surface area (Å²) < 4.78 is 13.0. The van der Waals surface area contributed by atoms with E-state index in [1.54, 1.807) is 6.07 Å². The van der Waals surface area contributed by atoms with Crippen LogP contribution in [0.1, 0.15) is 49.1 Å². The van der Waals surface area contributed by atoms with Gasteiger partial charge in [-0.2, -0.15) is 0 Å². The monoisotopic (exact) mass is 716 g/mol. The van der Waals surface area contributed by atoms with Gasteiger partial charge in [-0.3, -0.25) is 4.99 Å². The van der Waals surface area contributed by atoms with E-state index < -0.39 is 13.7 Å². The Morgan fingerprint density at radius 2 is 1.74 bits per heavy atom. The molecule has 1 aromatic heterocycles. The van der Waals surface area contributed by atoms with Crippen molar-refractivity contribution in [2.45, 2.75) is 64.4 Å². The quantitative estimate of drug-likeness (QED) is 0.184. The summed E-state index contributed by atoms with van der Waals surface area (Å²) in [5.74, 6) is 1.71. The van der Waals surface area contributed by atoms with E-state index in [1.807, 2.05) is 31.2 Å². The molecule has 0 fully saturated rings. The molecule has 204 valence electrons. The van der Waals surface area contributed by atoms with Crippen molar-refractivity contribution in [1.29, 1.82) is 0 Å². The van der Waals surface area contributed by atoms with Crippen molar-refractivity contribution in [3.8, 4) is 17.4 Å². The average Bonchev–Trinajstić information content (AvgIpc) is 3.29. The Hall–Kier alpha value is -2.95. The summed E-state index contributed by atoms with van der Waals surface area (Å²) in [4.78, 5) is 9.72. The van der Waals surface area contributed by atoms with Gasteiger partial charge in [-0.25, -0.2) is 4.98 Å². The van der Waals surface area contributed by atoms with E-state index in [1.165, 1.54) is 16.3 Å². The molecule has 0 saturated carbocycles. The Morgan fingerprint density at radius 1 is 1.00 bits per heavy atom. The molecule has 0 unspecified atom stereocenters. The van der Waals surface area contributed by atoms with Crippen molar-refractivity contribution in [1.82, 2.24) is 4.98 Å². The fraction of sp³-hybridized carbons (Fsp3) is 0.312. The molecule has 1 N–H and O–H groups in total. The van der Waals surface area contributed by atoms with Gasteiger partial charge in [0.1, 0.15) is 28.8 Å². The Morgan fingerprint density at radius 3 is 2.49 bits per heavy atom. The molecule has 0 bridgehead atoms. The van der Waals surface area contributed by atoms with Gasteiger partial charge in [0.05, 0.1) is 8.07 Å². The Labute approximate surface area is 245 Å². The van der Waals surface area contributed by atoms with E-state index in [9.17, 15) is 5.11 Å². The Balaban J connectivity index is 0.00000308. The molecular formula is C32H33N2O3PtSi-. The Bertz CT molecular complexity index is 1640. The topological polar surface area (TPSA) is 63.9 Å². The van der Waals surface area contributed by atoms with Gasteiger partial charge in [0, 0.05) is 43.7 Å². The Kier molecular flexibility index (Phi) is 6.59. The molecule has 1 aliphatic carbocycles. The maximum Gasteiger partial charge on any atom is 0.217 e. The van der Waals surface area contributed by atoms with Crippen LogP contribution in [0.4, 0.5) is 0 Å². The van der Waals surface area contributed by atoms with Gasteiger partial charge in [0.15, 0.2) is 0 Å². The number of hydrogen-bond acceptors (Lipinski definition) is 5. The largest absolute Gasteiger partial charge is 0.511 e. The summed E-state index contributed by atoms with van der Waals surface area (Å²) in [6.07, 6.45) is 0. The maximum atomic E-state index is 10.4. The van der Waals surface area contributed by atoms with Gasteiger partial charge in [0.2, 0.25) is 5.88 Å². The molecule has 2 heterocycles. The number of benzene rings is 3. The third-order valence-electron chi connectivity index (χ3n) is 8.29. The van der Waals surface area contributed by atoms with Crippen LogP contribution in [0.5, 0.6) is 17.4 Å². The fourth-order valence-corrected chi connectivity index (χ4v) is 6.86. The number of pyridine rings is 1. The number of rotatable bonds is 4. The summed E-state index contributed by atoms with van der Waals surface area (Å²) in [5, 5.41) is 12.5. The molecule has 0 saturated heterocycles. The van der Waals surface area contributed by atoms with E-state index in [4.69, 9.17) is 14.5 Å². The second kappa shape index (κ2) is 9.31. The van der Waals surface area contributed by atoms with Gasteiger partial charge >= 0.3 is 0 Å². The minimum Gasteiger partial charge on any atom is -0.511 e. The van der Waals surface area contributed by atoms with Crippen LogP contribution in [0.2, 0.25) is 19.6 Å². The molecule has 3 aromatic carbocycles. The molecule has 4 aromatic rings. The van der Waals surface area contributed by atoms with Gasteiger partial charge < -0.3 is 14.6 Å². The molecule has 5 nitrogen and oxygen atoms in total. The first kappa shape index (κ1) is 27.6. The third kappa shape index (κ3) is 4.42. The van der Waals surface area contributed by atoms with Gasteiger partial charge in [-0.15, -0.1) is 17.3 Å². The smallest absolute Gasteiger partial charge is 0.217 e. The van der Waals surface area contributed by atoms with Crippen LogP contribution in [-0.2, 0) is 31.2 Å². The molecule has 2 atom stereocenters. The maximum absolute atomic E-state index is 10.4. The van der Waals surface area contributed by atoms with E-state index in [0.29, 0.717) is 23.0 Å². The third-order valence-corrected chi connectivity index (χ3v) is 10.3. The average molecular weight is 717 g/mol. The van der Waals surface area contributed by atoms with Crippen molar-refractivity contribution >= 4 is 30.1 Å². The van der Waals surface area contributed by atoms with E-state index in [-0.39, 0.29) is 38.3 Å². The molecule has 7 heteroatoms. The normalized spacial score (nSPS) is 21.0. The fourth-order valence-electron chi connectivity index (χ4n) is 5.72. The first-order chi connectivity index (χ1) is 17.9. The van der Waals surface area contributed by atoms with Crippen LogP contribution < -0.4 is 9.92 Å². The van der Waals surface area contributed by atoms with Gasteiger partial charge in [-0.1, -0.05) is 69.4 Å². The zero-order chi connectivity index (χ0) is 27.0. The zero-order valence-electron chi connectivity index (χ0n) is 23.3. The summed E-state index contributed by atoms with van der Waals surface area (Å²) in [6, 6.07) is 23.5. The number of hydrogen-bond donors (Lipinski definition) is 1. The van der Waals surface area contributed by atoms with Crippen molar-refractivity contribution < 1.29 is 35.6 Å². The summed E-state index contributed by atoms with van der Waals surface area (Å²) >= 11 is 0. The van der Waals surface area contributed by atoms with Crippen molar-refractivity contribution in [3.63, 3.8) is 0 Å². The van der Waals surface area contributed by atoms with Crippen molar-refractivity contribution in [2.75, 3.05) is 0 Å². The number of nitrogens with zero attached hydrogens (tertiary/aromatic N) is 2. The number of aliphatic imine (C=N–C) groups is 1. The van der Waals surface area contributed by atoms with E-state index >= 15 is 0 Å². The first-order valence-electron chi connectivity index (χ1n) is 13.1. The second-order valence-electron chi connectivity index (χ2n) is 12.3. The second-order valence-corrected chi connectivity index (χ2v) is 17.3. The van der Waals surface area contributed by atoms with Crippen LogP contribution in [0.15, 0.2) is 65.7 Å². The summed E-state index contributed by atoms with van der Waals surface area (Å²) in [6.45, 7) is 15.5. The van der Waals surface area contributed by atoms with Crippen LogP contribution in [0.25, 0.3) is 10.9 Å². The number of aryl methyl sites for hydroxylation is 1. The summed E-state index contributed by atoms with van der Waals surface area (Å²) in [5.41, 5.74) is 4.11. The zero-order valence-corrected chi connectivity index (χ0v) is 26.6. The van der Waals surface area contributed by atoms with Crippen molar-refractivity contribution in [3.05, 3.63) is 89.0 Å². The molecule has 39 heavy (non-hydrogen) atoms. The number of ether oxygens (including phenoxy) is 2. The van der Waals surface area contributed by atoms with Gasteiger partial charge in [-0.05, 0) is 48.7 Å². The summed E-state index contributed by atoms with van der Waals surface area (Å²) in [7, 11) is -1.73. The number of phenolic OH excluding ortho intramolecular Hbond substituents is 1. The standard InChI is InChI=1S/C32H33N2O3Si.Pt/c1-19-14-20-12-13-27(33-28(20)26(35)15-19)36-22-16-21(17-23(18-22)38(5,6)7)30-34-29-24-10-8-9-11-25(24)31(2,3)32(29,4)37-30;/h8-15,17-18,29,35H,1-7H3;/q-1;/t29-,32+;/m0./s1. The van der Waals surface area contributed by atoms with Crippen LogP contribution >= 0.6 is 0 Å². The predicted molar refractivity (Wildman–Crippen MR) is 155 cm³/mol. The molecule has 6 rings (SSSR count). The first-order valence-corrected chi connectivity index (χ1v) is 16.6. The number of aromatic hydroxyl groups is 1. The van der Waals surface area contributed by atoms with Crippen LogP contribution in [0, 0.1) is 13.0 Å². The molecule has 1 aliphatic heterocycles. The SMILES string of the molecule is Cc1cc(O)c2nc(Oc3[c-]c(C4=N[C@H]5c6ccccc6C(C)(C)[C@]5(C)O4)cc([Si](C)(C)C)c3)ccc2c1.[Pt]. The minimum absolute atomic E-state index is 0. The number of fused-ring (bicyclic) bond motifs is 4. The van der Waals surface area contributed by atoms with Crippen LogP contribution in [0.3, 0.4) is 0 Å². The van der Waals surface area contributed by atoms with Crippen molar-refractivity contribution in [2.24, 2.45) is 4.99 Å². The predicted octanol–water partition coefficient (Wildman–Crippen LogP) is 6.95. The van der Waals surface area contributed by atoms with E-state index in [0.717, 1.165) is 16.5 Å². The number of aromatic nitrogens is 1. The molecule has 0 amide bonds.